The van der Waals surface area contributed by atoms with E-state index >= 15 is 0 Å². The van der Waals surface area contributed by atoms with Gasteiger partial charge in [0.1, 0.15) is 0 Å². The van der Waals surface area contributed by atoms with Crippen LogP contribution >= 0.6 is 0 Å². The number of carbonyl (C=O) groups is 3. The van der Waals surface area contributed by atoms with Crippen LogP contribution in [-0.4, -0.2) is 61.2 Å². The maximum Gasteiger partial charge on any atom is 0.228 e. The van der Waals surface area contributed by atoms with E-state index in [4.69, 9.17) is 19.7 Å². The van der Waals surface area contributed by atoms with E-state index in [1.807, 2.05) is 24.3 Å². The summed E-state index contributed by atoms with van der Waals surface area (Å²) in [6, 6.07) is 6.75. The molecule has 0 spiro atoms. The number of amides is 1. The largest absolute Gasteiger partial charge is 0.489 e. The van der Waals surface area contributed by atoms with Gasteiger partial charge in [-0.1, -0.05) is 24.3 Å². The van der Waals surface area contributed by atoms with Gasteiger partial charge in [-0.05, 0) is 24.5 Å². The van der Waals surface area contributed by atoms with Crippen molar-refractivity contribution in [2.45, 2.75) is 32.2 Å². The molecule has 0 aliphatic heterocycles. The topological polar surface area (TPSA) is 122 Å². The van der Waals surface area contributed by atoms with Gasteiger partial charge in [-0.2, -0.15) is 0 Å². The molecular weight excluding hydrogens is 390 g/mol. The Labute approximate surface area is 175 Å². The van der Waals surface area contributed by atoms with E-state index in [2.05, 4.69) is 5.32 Å². The molecular formula is C22H27NO7. The SMILES string of the molecule is COC1=C(OC)C(=O)C(Cc2ccc(CCC(=O)NC(CO)CO)cc2)=C(C)C1=O. The number of hydrogen-bond acceptors (Lipinski definition) is 7. The number of aliphatic hydroxyl groups is 2. The van der Waals surface area contributed by atoms with Gasteiger partial charge in [-0.3, -0.25) is 14.4 Å². The smallest absolute Gasteiger partial charge is 0.228 e. The highest BCUT2D eigenvalue weighted by Gasteiger charge is 2.34. The van der Waals surface area contributed by atoms with Crippen molar-refractivity contribution < 1.29 is 34.1 Å². The number of hydrogen-bond donors (Lipinski definition) is 3. The molecule has 3 N–H and O–H groups in total. The second-order valence-electron chi connectivity index (χ2n) is 6.95. The molecule has 0 heterocycles. The summed E-state index contributed by atoms with van der Waals surface area (Å²) >= 11 is 0. The van der Waals surface area contributed by atoms with Gasteiger partial charge < -0.3 is 25.0 Å². The van der Waals surface area contributed by atoms with Crippen LogP contribution in [0.3, 0.4) is 0 Å². The van der Waals surface area contributed by atoms with Crippen molar-refractivity contribution in [3.8, 4) is 0 Å². The summed E-state index contributed by atoms with van der Waals surface area (Å²) in [6.45, 7) is 0.957. The fraction of sp³-hybridized carbons (Fsp3) is 0.409. The number of benzene rings is 1. The zero-order chi connectivity index (χ0) is 22.3. The Bertz CT molecular complexity index is 864. The first kappa shape index (κ1) is 23.3. The average Bonchev–Trinajstić information content (AvgIpc) is 2.76. The number of rotatable bonds is 10. The predicted octanol–water partition coefficient (Wildman–Crippen LogP) is 0.604. The molecule has 0 aromatic heterocycles. The third kappa shape index (κ3) is 5.34. The molecule has 162 valence electrons. The molecule has 0 unspecified atom stereocenters. The van der Waals surface area contributed by atoms with Crippen molar-refractivity contribution in [3.05, 3.63) is 58.1 Å². The Morgan fingerprint density at radius 2 is 1.50 bits per heavy atom. The molecule has 1 aliphatic rings. The van der Waals surface area contributed by atoms with E-state index in [1.165, 1.54) is 14.2 Å². The number of ketones is 2. The van der Waals surface area contributed by atoms with Crippen LogP contribution in [0.5, 0.6) is 0 Å². The van der Waals surface area contributed by atoms with Crippen molar-refractivity contribution in [1.82, 2.24) is 5.32 Å². The number of nitrogens with one attached hydrogen (secondary N) is 1. The Balaban J connectivity index is 2.04. The van der Waals surface area contributed by atoms with Crippen molar-refractivity contribution in [2.24, 2.45) is 0 Å². The molecule has 2 rings (SSSR count). The van der Waals surface area contributed by atoms with E-state index in [0.717, 1.165) is 11.1 Å². The molecule has 1 amide bonds. The Kier molecular flexibility index (Phi) is 8.32. The minimum absolute atomic E-state index is 0.0815. The van der Waals surface area contributed by atoms with Gasteiger partial charge in [0.15, 0.2) is 0 Å². The normalized spacial score (nSPS) is 14.5. The number of Topliss-reactive ketones (excluding diaryl/α,β-unsaturated/α-hetero) is 2. The standard InChI is InChI=1S/C22H27NO7/c1-13-17(20(28)22(30-3)21(29-2)19(13)27)10-15-6-4-14(5-7-15)8-9-18(26)23-16(11-24)12-25/h4-7,16,24-25H,8-12H2,1-3H3,(H,23,26). The lowest BCUT2D eigenvalue weighted by atomic mass is 9.88. The zero-order valence-electron chi connectivity index (χ0n) is 17.4. The van der Waals surface area contributed by atoms with Crippen LogP contribution in [0, 0.1) is 0 Å². The summed E-state index contributed by atoms with van der Waals surface area (Å²) in [7, 11) is 2.65. The Hall–Kier alpha value is -2.97. The molecule has 0 fully saturated rings. The maximum absolute atomic E-state index is 12.7. The summed E-state index contributed by atoms with van der Waals surface area (Å²) in [4.78, 5) is 37.0. The molecule has 8 heteroatoms. The van der Waals surface area contributed by atoms with Crippen molar-refractivity contribution >= 4 is 17.5 Å². The molecule has 8 nitrogen and oxygen atoms in total. The van der Waals surface area contributed by atoms with Crippen LogP contribution in [0.15, 0.2) is 46.9 Å². The lowest BCUT2D eigenvalue weighted by molar-refractivity contribution is -0.122. The van der Waals surface area contributed by atoms with Crippen LogP contribution in [0.2, 0.25) is 0 Å². The minimum Gasteiger partial charge on any atom is -0.489 e. The first-order chi connectivity index (χ1) is 14.4. The van der Waals surface area contributed by atoms with E-state index in [-0.39, 0.29) is 55.0 Å². The fourth-order valence-electron chi connectivity index (χ4n) is 3.14. The molecule has 0 saturated carbocycles. The molecule has 1 aromatic rings. The summed E-state index contributed by atoms with van der Waals surface area (Å²) in [5, 5.41) is 20.5. The molecule has 1 aromatic carbocycles. The van der Waals surface area contributed by atoms with Crippen molar-refractivity contribution in [1.29, 1.82) is 0 Å². The Morgan fingerprint density at radius 1 is 0.967 bits per heavy atom. The first-order valence-corrected chi connectivity index (χ1v) is 9.56. The lowest BCUT2D eigenvalue weighted by Gasteiger charge is -2.20. The second kappa shape index (κ2) is 10.7. The monoisotopic (exact) mass is 417 g/mol. The van der Waals surface area contributed by atoms with Gasteiger partial charge in [0.25, 0.3) is 0 Å². The maximum atomic E-state index is 12.7. The Morgan fingerprint density at radius 3 is 2.03 bits per heavy atom. The van der Waals surface area contributed by atoms with Gasteiger partial charge in [-0.25, -0.2) is 0 Å². The second-order valence-corrected chi connectivity index (χ2v) is 6.95. The van der Waals surface area contributed by atoms with Crippen LogP contribution < -0.4 is 5.32 Å². The van der Waals surface area contributed by atoms with E-state index in [0.29, 0.717) is 17.6 Å². The number of ether oxygens (including phenoxy) is 2. The number of allylic oxidation sites excluding steroid dienone is 2. The van der Waals surface area contributed by atoms with Gasteiger partial charge in [-0.15, -0.1) is 0 Å². The number of aryl methyl sites for hydroxylation is 1. The summed E-state index contributed by atoms with van der Waals surface area (Å²) in [5.41, 5.74) is 2.47. The third-order valence-corrected chi connectivity index (χ3v) is 4.94. The highest BCUT2D eigenvalue weighted by Crippen LogP contribution is 2.28. The predicted molar refractivity (Wildman–Crippen MR) is 108 cm³/mol. The van der Waals surface area contributed by atoms with E-state index in [9.17, 15) is 14.4 Å². The summed E-state index contributed by atoms with van der Waals surface area (Å²) in [5.74, 6) is -1.16. The van der Waals surface area contributed by atoms with Crippen LogP contribution in [0.25, 0.3) is 0 Å². The van der Waals surface area contributed by atoms with Crippen LogP contribution in [0.1, 0.15) is 24.5 Å². The van der Waals surface area contributed by atoms with Gasteiger partial charge >= 0.3 is 0 Å². The van der Waals surface area contributed by atoms with Crippen molar-refractivity contribution in [2.75, 3.05) is 27.4 Å². The molecule has 0 saturated heterocycles. The minimum atomic E-state index is -0.656. The quantitative estimate of drug-likeness (QED) is 0.477. The van der Waals surface area contributed by atoms with Crippen LogP contribution in [-0.2, 0) is 36.7 Å². The number of carbonyl (C=O) groups excluding carboxylic acids is 3. The number of aliphatic hydroxyl groups excluding tert-OH is 2. The molecule has 0 bridgehead atoms. The molecule has 30 heavy (non-hydrogen) atoms. The average molecular weight is 417 g/mol. The molecule has 1 aliphatic carbocycles. The van der Waals surface area contributed by atoms with E-state index in [1.54, 1.807) is 6.92 Å². The third-order valence-electron chi connectivity index (χ3n) is 4.94. The first-order valence-electron chi connectivity index (χ1n) is 9.56. The highest BCUT2D eigenvalue weighted by molar-refractivity contribution is 6.23. The lowest BCUT2D eigenvalue weighted by Crippen LogP contribution is -2.40. The summed E-state index contributed by atoms with van der Waals surface area (Å²) < 4.78 is 10.1. The summed E-state index contributed by atoms with van der Waals surface area (Å²) in [6.07, 6.45) is 0.979. The van der Waals surface area contributed by atoms with E-state index < -0.39 is 6.04 Å². The van der Waals surface area contributed by atoms with Gasteiger partial charge in [0.2, 0.25) is 29.0 Å². The zero-order valence-corrected chi connectivity index (χ0v) is 17.4. The van der Waals surface area contributed by atoms with Gasteiger partial charge in [0.05, 0.1) is 33.5 Å². The van der Waals surface area contributed by atoms with Crippen LogP contribution in [0.4, 0.5) is 0 Å². The fourth-order valence-corrected chi connectivity index (χ4v) is 3.14. The highest BCUT2D eigenvalue weighted by atomic mass is 16.5. The molecule has 0 atom stereocenters. The van der Waals surface area contributed by atoms with Gasteiger partial charge in [0, 0.05) is 24.0 Å². The molecule has 0 radical (unpaired) electrons. The number of methoxy groups -OCH3 is 2. The van der Waals surface area contributed by atoms with Crippen molar-refractivity contribution in [3.63, 3.8) is 0 Å².